The molecule has 0 saturated carbocycles. The Morgan fingerprint density at radius 1 is 1.43 bits per heavy atom. The minimum atomic E-state index is -3.49. The Hall–Kier alpha value is -2.14. The second-order valence-corrected chi connectivity index (χ2v) is 7.08. The fourth-order valence-electron chi connectivity index (χ4n) is 2.20. The van der Waals surface area contributed by atoms with Crippen LogP contribution in [0.1, 0.15) is 17.6 Å². The van der Waals surface area contributed by atoms with Crippen LogP contribution < -0.4 is 4.74 Å². The van der Waals surface area contributed by atoms with Crippen molar-refractivity contribution in [3.63, 3.8) is 0 Å². The molecule has 0 aromatic carbocycles. The van der Waals surface area contributed by atoms with E-state index in [-0.39, 0.29) is 23.2 Å². The molecule has 1 unspecified atom stereocenters. The van der Waals surface area contributed by atoms with E-state index >= 15 is 0 Å². The van der Waals surface area contributed by atoms with Crippen LogP contribution in [0.3, 0.4) is 0 Å². The third-order valence-corrected chi connectivity index (χ3v) is 5.62. The first-order valence-electron chi connectivity index (χ1n) is 6.58. The van der Waals surface area contributed by atoms with E-state index in [9.17, 15) is 17.2 Å². The van der Waals surface area contributed by atoms with Gasteiger partial charge >= 0.3 is 6.61 Å². The third kappa shape index (κ3) is 3.01. The number of hydrogen-bond donors (Lipinski definition) is 0. The van der Waals surface area contributed by atoms with E-state index in [1.165, 1.54) is 23.5 Å². The summed E-state index contributed by atoms with van der Waals surface area (Å²) >= 11 is 0. The summed E-state index contributed by atoms with van der Waals surface area (Å²) in [5.74, 6) is -0.0418. The number of halogens is 2. The molecular formula is C12H12F2N4O4S. The van der Waals surface area contributed by atoms with Crippen LogP contribution >= 0.6 is 0 Å². The van der Waals surface area contributed by atoms with Crippen LogP contribution in [-0.2, 0) is 10.0 Å². The van der Waals surface area contributed by atoms with Gasteiger partial charge < -0.3 is 9.26 Å². The molecule has 23 heavy (non-hydrogen) atoms. The molecule has 2 aromatic rings. The Balaban J connectivity index is 1.82. The number of ether oxygens (including phenoxy) is 1. The van der Waals surface area contributed by atoms with Gasteiger partial charge in [0.05, 0.1) is 6.20 Å². The molecule has 0 N–H and O–H groups in total. The lowest BCUT2D eigenvalue weighted by Crippen LogP contribution is -2.22. The molecule has 0 amide bonds. The predicted octanol–water partition coefficient (Wildman–Crippen LogP) is 1.44. The first-order valence-corrected chi connectivity index (χ1v) is 8.08. The lowest BCUT2D eigenvalue weighted by atomic mass is 10.3. The molecule has 0 radical (unpaired) electrons. The van der Waals surface area contributed by atoms with Crippen LogP contribution in [0.2, 0.25) is 0 Å². The minimum Gasteiger partial charge on any atom is -0.433 e. The highest BCUT2D eigenvalue weighted by molar-refractivity contribution is 7.89. The molecule has 1 aliphatic rings. The number of rotatable bonds is 4. The Morgan fingerprint density at radius 3 is 2.78 bits per heavy atom. The van der Waals surface area contributed by atoms with E-state index < -0.39 is 21.9 Å². The van der Waals surface area contributed by atoms with Crippen molar-refractivity contribution in [2.45, 2.75) is 18.3 Å². The van der Waals surface area contributed by atoms with Gasteiger partial charge in [-0.15, -0.1) is 0 Å². The van der Waals surface area contributed by atoms with E-state index in [0.717, 1.165) is 6.20 Å². The molecule has 1 fully saturated rings. The SMILES string of the molecule is CN1CCC(c2nc(-c3ccc(OC(F)F)cn3)no2)S1(=O)=O. The number of alkyl halides is 2. The summed E-state index contributed by atoms with van der Waals surface area (Å²) in [5, 5.41) is 2.81. The fourth-order valence-corrected chi connectivity index (χ4v) is 3.75. The van der Waals surface area contributed by atoms with Crippen molar-refractivity contribution in [3.8, 4) is 17.3 Å². The van der Waals surface area contributed by atoms with E-state index in [4.69, 9.17) is 4.52 Å². The van der Waals surface area contributed by atoms with Crippen molar-refractivity contribution in [2.24, 2.45) is 0 Å². The monoisotopic (exact) mass is 346 g/mol. The summed E-state index contributed by atoms with van der Waals surface area (Å²) in [6.07, 6.45) is 1.45. The smallest absolute Gasteiger partial charge is 0.387 e. The zero-order valence-corrected chi connectivity index (χ0v) is 12.7. The molecule has 0 aliphatic carbocycles. The molecule has 124 valence electrons. The number of nitrogens with zero attached hydrogens (tertiary/aromatic N) is 4. The van der Waals surface area contributed by atoms with E-state index in [1.807, 2.05) is 0 Å². The van der Waals surface area contributed by atoms with E-state index in [2.05, 4.69) is 19.9 Å². The molecule has 0 spiro atoms. The first kappa shape index (κ1) is 15.7. The van der Waals surface area contributed by atoms with Gasteiger partial charge in [-0.05, 0) is 18.6 Å². The molecule has 3 heterocycles. The molecule has 1 atom stereocenters. The zero-order chi connectivity index (χ0) is 16.6. The molecule has 1 aliphatic heterocycles. The van der Waals surface area contributed by atoms with Crippen LogP contribution in [0.15, 0.2) is 22.9 Å². The molecule has 3 rings (SSSR count). The average Bonchev–Trinajstić information content (AvgIpc) is 3.05. The predicted molar refractivity (Wildman–Crippen MR) is 73.1 cm³/mol. The maximum atomic E-state index is 12.1. The van der Waals surface area contributed by atoms with Gasteiger partial charge in [0.15, 0.2) is 5.25 Å². The van der Waals surface area contributed by atoms with Crippen molar-refractivity contribution in [2.75, 3.05) is 13.6 Å². The van der Waals surface area contributed by atoms with Crippen molar-refractivity contribution >= 4 is 10.0 Å². The highest BCUT2D eigenvalue weighted by Gasteiger charge is 2.41. The Bertz CT molecular complexity index is 794. The fraction of sp³-hybridized carbons (Fsp3) is 0.417. The largest absolute Gasteiger partial charge is 0.433 e. The van der Waals surface area contributed by atoms with Crippen molar-refractivity contribution < 1.29 is 26.5 Å². The summed E-state index contributed by atoms with van der Waals surface area (Å²) < 4.78 is 58.8. The molecule has 11 heteroatoms. The third-order valence-electron chi connectivity index (χ3n) is 3.41. The van der Waals surface area contributed by atoms with E-state index in [1.54, 1.807) is 0 Å². The summed E-state index contributed by atoms with van der Waals surface area (Å²) in [5.41, 5.74) is 0.255. The van der Waals surface area contributed by atoms with E-state index in [0.29, 0.717) is 13.0 Å². The van der Waals surface area contributed by atoms with Crippen LogP contribution in [0, 0.1) is 0 Å². The molecule has 2 aromatic heterocycles. The summed E-state index contributed by atoms with van der Waals surface area (Å²) in [6, 6.07) is 2.66. The van der Waals surface area contributed by atoms with Gasteiger partial charge in [-0.3, -0.25) is 0 Å². The number of pyridine rings is 1. The van der Waals surface area contributed by atoms with Gasteiger partial charge in [-0.25, -0.2) is 17.7 Å². The Morgan fingerprint density at radius 2 is 2.22 bits per heavy atom. The van der Waals surface area contributed by atoms with Gasteiger partial charge in [0.1, 0.15) is 11.4 Å². The van der Waals surface area contributed by atoms with Crippen LogP contribution in [0.5, 0.6) is 5.75 Å². The highest BCUT2D eigenvalue weighted by atomic mass is 32.2. The lowest BCUT2D eigenvalue weighted by Gasteiger charge is -2.07. The topological polar surface area (TPSA) is 98.4 Å². The van der Waals surface area contributed by atoms with Crippen LogP contribution in [-0.4, -0.2) is 48.1 Å². The Labute approximate surface area is 130 Å². The normalized spacial score (nSPS) is 21.0. The maximum Gasteiger partial charge on any atom is 0.387 e. The van der Waals surface area contributed by atoms with Gasteiger partial charge in [0.2, 0.25) is 21.7 Å². The molecule has 8 nitrogen and oxygen atoms in total. The molecule has 1 saturated heterocycles. The first-order chi connectivity index (χ1) is 10.9. The number of sulfonamides is 1. The van der Waals surface area contributed by atoms with Gasteiger partial charge in [-0.2, -0.15) is 13.8 Å². The van der Waals surface area contributed by atoms with Crippen molar-refractivity contribution in [1.82, 2.24) is 19.4 Å². The second-order valence-electron chi connectivity index (χ2n) is 4.86. The number of aromatic nitrogens is 3. The highest BCUT2D eigenvalue weighted by Crippen LogP contribution is 2.34. The zero-order valence-electron chi connectivity index (χ0n) is 11.9. The van der Waals surface area contributed by atoms with Crippen LogP contribution in [0.25, 0.3) is 11.5 Å². The molecular weight excluding hydrogens is 334 g/mol. The molecule has 0 bridgehead atoms. The Kier molecular flexibility index (Phi) is 3.98. The van der Waals surface area contributed by atoms with Gasteiger partial charge in [0, 0.05) is 13.6 Å². The van der Waals surface area contributed by atoms with Gasteiger partial charge in [-0.1, -0.05) is 5.16 Å². The standard InChI is InChI=1S/C12H12F2N4O4S/c1-18-5-4-9(23(18,19)20)11-16-10(17-22-11)8-3-2-7(6-15-8)21-12(13)14/h2-3,6,9,12H,4-5H2,1H3. The van der Waals surface area contributed by atoms with Gasteiger partial charge in [0.25, 0.3) is 0 Å². The maximum absolute atomic E-state index is 12.1. The minimum absolute atomic E-state index is 0.0148. The number of hydrogen-bond acceptors (Lipinski definition) is 7. The summed E-state index contributed by atoms with van der Waals surface area (Å²) in [7, 11) is -2.01. The van der Waals surface area contributed by atoms with Crippen molar-refractivity contribution in [3.05, 3.63) is 24.2 Å². The second kappa shape index (κ2) is 5.81. The summed E-state index contributed by atoms with van der Waals surface area (Å²) in [6.45, 7) is -2.56. The van der Waals surface area contributed by atoms with Crippen molar-refractivity contribution in [1.29, 1.82) is 0 Å². The summed E-state index contributed by atoms with van der Waals surface area (Å²) in [4.78, 5) is 7.94. The van der Waals surface area contributed by atoms with Crippen LogP contribution in [0.4, 0.5) is 8.78 Å². The lowest BCUT2D eigenvalue weighted by molar-refractivity contribution is -0.0500. The average molecular weight is 346 g/mol. The quantitative estimate of drug-likeness (QED) is 0.826.